The van der Waals surface area contributed by atoms with E-state index in [1.54, 1.807) is 7.11 Å². The normalized spacial score (nSPS) is 28.2. The molecule has 0 saturated heterocycles. The summed E-state index contributed by atoms with van der Waals surface area (Å²) in [5.41, 5.74) is 1.52. The van der Waals surface area contributed by atoms with Crippen LogP contribution in [0.4, 0.5) is 0 Å². The van der Waals surface area contributed by atoms with Crippen molar-refractivity contribution in [1.82, 2.24) is 0 Å². The molecule has 0 bridgehead atoms. The summed E-state index contributed by atoms with van der Waals surface area (Å²) < 4.78 is 5.25. The number of benzene rings is 1. The Morgan fingerprint density at radius 1 is 0.800 bits per heavy atom. The van der Waals surface area contributed by atoms with Gasteiger partial charge in [-0.15, -0.1) is 0 Å². The Kier molecular flexibility index (Phi) is 4.65. The van der Waals surface area contributed by atoms with Gasteiger partial charge in [0.2, 0.25) is 0 Å². The van der Waals surface area contributed by atoms with E-state index in [1.165, 1.54) is 56.9 Å². The van der Waals surface area contributed by atoms with E-state index >= 15 is 0 Å². The summed E-state index contributed by atoms with van der Waals surface area (Å²) in [6, 6.07) is 8.75. The number of rotatable bonds is 3. The van der Waals surface area contributed by atoms with Crippen LogP contribution in [0.5, 0.6) is 5.75 Å². The Balaban J connectivity index is 1.54. The molecule has 2 aliphatic carbocycles. The second-order valence-corrected chi connectivity index (χ2v) is 6.59. The minimum atomic E-state index is 0.785. The molecule has 2 saturated carbocycles. The van der Waals surface area contributed by atoms with Crippen LogP contribution in [0.1, 0.15) is 62.8 Å². The summed E-state index contributed by atoms with van der Waals surface area (Å²) in [5.74, 6) is 3.79. The molecule has 1 aromatic carbocycles. The molecule has 0 N–H and O–H groups in total. The maximum atomic E-state index is 5.25. The van der Waals surface area contributed by atoms with Gasteiger partial charge in [0.1, 0.15) is 5.75 Å². The van der Waals surface area contributed by atoms with Gasteiger partial charge in [0.05, 0.1) is 7.11 Å². The molecule has 0 spiro atoms. The van der Waals surface area contributed by atoms with Gasteiger partial charge in [-0.2, -0.15) is 0 Å². The molecule has 0 aromatic heterocycles. The Morgan fingerprint density at radius 3 is 2.00 bits per heavy atom. The maximum absolute atomic E-state index is 5.25. The Hall–Kier alpha value is -0.980. The molecule has 2 aliphatic rings. The molecule has 0 amide bonds. The lowest BCUT2D eigenvalue weighted by atomic mass is 9.70. The van der Waals surface area contributed by atoms with E-state index < -0.39 is 0 Å². The van der Waals surface area contributed by atoms with Gasteiger partial charge in [-0.3, -0.25) is 0 Å². The van der Waals surface area contributed by atoms with Gasteiger partial charge >= 0.3 is 0 Å². The number of methoxy groups -OCH3 is 1. The van der Waals surface area contributed by atoms with Crippen LogP contribution >= 0.6 is 0 Å². The summed E-state index contributed by atoms with van der Waals surface area (Å²) in [5, 5.41) is 0. The fourth-order valence-corrected chi connectivity index (χ4v) is 4.22. The van der Waals surface area contributed by atoms with E-state index in [0.717, 1.165) is 23.5 Å². The van der Waals surface area contributed by atoms with E-state index in [2.05, 4.69) is 30.7 Å². The highest BCUT2D eigenvalue weighted by atomic mass is 16.5. The third kappa shape index (κ3) is 3.19. The van der Waals surface area contributed by atoms with Gasteiger partial charge < -0.3 is 4.74 Å². The Morgan fingerprint density at radius 2 is 1.40 bits per heavy atom. The molecule has 109 valence electrons. The Bertz CT molecular complexity index is 394. The molecule has 0 atom stereocenters. The summed E-state index contributed by atoms with van der Waals surface area (Å²) in [6.45, 7) is 0. The van der Waals surface area contributed by atoms with Crippen molar-refractivity contribution in [1.29, 1.82) is 0 Å². The average Bonchev–Trinajstić information content (AvgIpc) is 2.56. The first-order valence-corrected chi connectivity index (χ1v) is 8.32. The van der Waals surface area contributed by atoms with Crippen LogP contribution in [0.3, 0.4) is 0 Å². The Labute approximate surface area is 123 Å². The van der Waals surface area contributed by atoms with Gasteiger partial charge in [-0.05, 0) is 93.2 Å². The molecule has 2 fully saturated rings. The molecule has 0 unspecified atom stereocenters. The lowest BCUT2D eigenvalue weighted by Gasteiger charge is -2.36. The van der Waals surface area contributed by atoms with Crippen molar-refractivity contribution in [2.24, 2.45) is 11.8 Å². The number of ether oxygens (including phenoxy) is 1. The highest BCUT2D eigenvalue weighted by Gasteiger charge is 2.28. The van der Waals surface area contributed by atoms with Crippen molar-refractivity contribution in [2.45, 2.75) is 57.3 Å². The second kappa shape index (κ2) is 6.65. The van der Waals surface area contributed by atoms with Crippen LogP contribution < -0.4 is 4.74 Å². The van der Waals surface area contributed by atoms with Gasteiger partial charge in [0.25, 0.3) is 0 Å². The maximum Gasteiger partial charge on any atom is 0.118 e. The zero-order chi connectivity index (χ0) is 13.8. The monoisotopic (exact) mass is 271 g/mol. The third-order valence-corrected chi connectivity index (χ3v) is 5.51. The molecule has 3 rings (SSSR count). The predicted octanol–water partition coefficient (Wildman–Crippen LogP) is 5.36. The van der Waals surface area contributed by atoms with E-state index in [-0.39, 0.29) is 0 Å². The molecular formula is C19H27O. The fraction of sp³-hybridized carbons (Fsp3) is 0.632. The van der Waals surface area contributed by atoms with Crippen molar-refractivity contribution in [3.05, 3.63) is 36.2 Å². The molecule has 1 heteroatoms. The summed E-state index contributed by atoms with van der Waals surface area (Å²) >= 11 is 0. The molecule has 1 radical (unpaired) electrons. The van der Waals surface area contributed by atoms with E-state index in [1.807, 2.05) is 0 Å². The quantitative estimate of drug-likeness (QED) is 0.718. The summed E-state index contributed by atoms with van der Waals surface area (Å²) in [6.07, 6.45) is 13.8. The highest BCUT2D eigenvalue weighted by Crippen LogP contribution is 2.42. The van der Waals surface area contributed by atoms with Crippen molar-refractivity contribution >= 4 is 0 Å². The van der Waals surface area contributed by atoms with Gasteiger partial charge in [-0.25, -0.2) is 0 Å². The average molecular weight is 271 g/mol. The zero-order valence-corrected chi connectivity index (χ0v) is 12.7. The molecule has 20 heavy (non-hydrogen) atoms. The van der Waals surface area contributed by atoms with Crippen molar-refractivity contribution < 1.29 is 4.74 Å². The SMILES string of the molecule is COc1ccc(C2CCC(C3CC[CH]CC3)CC2)cc1. The first-order valence-electron chi connectivity index (χ1n) is 8.32. The van der Waals surface area contributed by atoms with E-state index in [4.69, 9.17) is 4.74 Å². The van der Waals surface area contributed by atoms with E-state index in [9.17, 15) is 0 Å². The van der Waals surface area contributed by atoms with Gasteiger partial charge in [0.15, 0.2) is 0 Å². The van der Waals surface area contributed by atoms with Crippen LogP contribution in [0.15, 0.2) is 24.3 Å². The molecule has 0 heterocycles. The van der Waals surface area contributed by atoms with Crippen molar-refractivity contribution in [3.63, 3.8) is 0 Å². The molecule has 1 aromatic rings. The molecule has 1 nitrogen and oxygen atoms in total. The molecule has 0 aliphatic heterocycles. The largest absolute Gasteiger partial charge is 0.497 e. The third-order valence-electron chi connectivity index (χ3n) is 5.51. The topological polar surface area (TPSA) is 9.23 Å². The lowest BCUT2D eigenvalue weighted by Crippen LogP contribution is -2.23. The van der Waals surface area contributed by atoms with Gasteiger partial charge in [-0.1, -0.05) is 12.1 Å². The predicted molar refractivity (Wildman–Crippen MR) is 84.0 cm³/mol. The van der Waals surface area contributed by atoms with E-state index in [0.29, 0.717) is 0 Å². The fourth-order valence-electron chi connectivity index (χ4n) is 4.22. The van der Waals surface area contributed by atoms with Crippen LogP contribution in [-0.2, 0) is 0 Å². The summed E-state index contributed by atoms with van der Waals surface area (Å²) in [7, 11) is 1.74. The standard InChI is InChI=1S/C19H27O/c1-20-19-13-11-18(12-14-19)17-9-7-16(8-10-17)15-5-3-2-4-6-15/h2,11-17H,3-10H2,1H3. The number of hydrogen-bond donors (Lipinski definition) is 0. The van der Waals surface area contributed by atoms with Gasteiger partial charge in [0, 0.05) is 0 Å². The van der Waals surface area contributed by atoms with Crippen LogP contribution in [-0.4, -0.2) is 7.11 Å². The summed E-state index contributed by atoms with van der Waals surface area (Å²) in [4.78, 5) is 0. The van der Waals surface area contributed by atoms with Crippen LogP contribution in [0.2, 0.25) is 0 Å². The van der Waals surface area contributed by atoms with Crippen molar-refractivity contribution in [2.75, 3.05) is 7.11 Å². The second-order valence-electron chi connectivity index (χ2n) is 6.59. The smallest absolute Gasteiger partial charge is 0.118 e. The first kappa shape index (κ1) is 14.0. The first-order chi connectivity index (χ1) is 9.86. The molecular weight excluding hydrogens is 244 g/mol. The number of hydrogen-bond acceptors (Lipinski definition) is 1. The minimum Gasteiger partial charge on any atom is -0.497 e. The minimum absolute atomic E-state index is 0.785. The highest BCUT2D eigenvalue weighted by molar-refractivity contribution is 5.29. The van der Waals surface area contributed by atoms with Crippen molar-refractivity contribution in [3.8, 4) is 5.75 Å². The lowest BCUT2D eigenvalue weighted by molar-refractivity contribution is 0.199. The van der Waals surface area contributed by atoms with Crippen LogP contribution in [0.25, 0.3) is 0 Å². The van der Waals surface area contributed by atoms with Crippen LogP contribution in [0, 0.1) is 18.3 Å². The zero-order valence-electron chi connectivity index (χ0n) is 12.7.